The van der Waals surface area contributed by atoms with Gasteiger partial charge in [-0.15, -0.1) is 6.58 Å². The molecule has 0 saturated carbocycles. The predicted octanol–water partition coefficient (Wildman–Crippen LogP) is 2.19. The van der Waals surface area contributed by atoms with E-state index in [4.69, 9.17) is 0 Å². The first-order valence-electron chi connectivity index (χ1n) is 6.02. The Hall–Kier alpha value is -1.62. The summed E-state index contributed by atoms with van der Waals surface area (Å²) >= 11 is 0. The molecule has 0 aliphatic heterocycles. The van der Waals surface area contributed by atoms with Crippen LogP contribution in [0.1, 0.15) is 18.9 Å². The lowest BCUT2D eigenvalue weighted by Gasteiger charge is -2.23. The molecule has 1 rings (SSSR count). The number of carbonyl (C=O) groups excluding carboxylic acids is 1. The summed E-state index contributed by atoms with van der Waals surface area (Å²) in [6.07, 6.45) is 3.12. The molecular weight excluding hydrogens is 262 g/mol. The van der Waals surface area contributed by atoms with E-state index < -0.39 is 21.8 Å². The van der Waals surface area contributed by atoms with Crippen molar-refractivity contribution in [1.82, 2.24) is 4.31 Å². The summed E-state index contributed by atoms with van der Waals surface area (Å²) in [7, 11) is -3.58. The first-order chi connectivity index (χ1) is 8.86. The summed E-state index contributed by atoms with van der Waals surface area (Å²) in [6, 6.07) is 9.06. The predicted molar refractivity (Wildman–Crippen MR) is 75.8 cm³/mol. The highest BCUT2D eigenvalue weighted by atomic mass is 32.2. The topological polar surface area (TPSA) is 54.5 Å². The van der Waals surface area contributed by atoms with Crippen molar-refractivity contribution >= 4 is 15.9 Å². The van der Waals surface area contributed by atoms with Gasteiger partial charge in [0, 0.05) is 5.92 Å². The SMILES string of the molecule is C=CC[C@H](C)C(=O)N(Cc1ccccc1)S(C)(=O)=O. The fourth-order valence-corrected chi connectivity index (χ4v) is 2.59. The Kier molecular flexibility index (Phi) is 5.30. The van der Waals surface area contributed by atoms with E-state index in [1.807, 2.05) is 18.2 Å². The normalized spacial score (nSPS) is 12.7. The summed E-state index contributed by atoms with van der Waals surface area (Å²) in [5.74, 6) is -0.790. The van der Waals surface area contributed by atoms with Crippen LogP contribution < -0.4 is 0 Å². The van der Waals surface area contributed by atoms with Gasteiger partial charge in [0.15, 0.2) is 0 Å². The molecule has 0 aliphatic rings. The Labute approximate surface area is 114 Å². The van der Waals surface area contributed by atoms with Crippen LogP contribution in [-0.2, 0) is 21.4 Å². The molecule has 4 nitrogen and oxygen atoms in total. The summed E-state index contributed by atoms with van der Waals surface area (Å²) in [4.78, 5) is 12.2. The van der Waals surface area contributed by atoms with Gasteiger partial charge in [-0.1, -0.05) is 43.3 Å². The van der Waals surface area contributed by atoms with E-state index >= 15 is 0 Å². The van der Waals surface area contributed by atoms with Crippen LogP contribution in [0.5, 0.6) is 0 Å². The molecule has 0 aromatic heterocycles. The fourth-order valence-electron chi connectivity index (χ4n) is 1.70. The zero-order valence-corrected chi connectivity index (χ0v) is 12.1. The second kappa shape index (κ2) is 6.52. The van der Waals surface area contributed by atoms with Crippen LogP contribution in [0.4, 0.5) is 0 Å². The Morgan fingerprint density at radius 2 is 1.95 bits per heavy atom. The van der Waals surface area contributed by atoms with Crippen LogP contribution in [0.15, 0.2) is 43.0 Å². The van der Waals surface area contributed by atoms with Gasteiger partial charge in [-0.05, 0) is 12.0 Å². The van der Waals surface area contributed by atoms with Gasteiger partial charge in [-0.25, -0.2) is 12.7 Å². The highest BCUT2D eigenvalue weighted by molar-refractivity contribution is 7.88. The van der Waals surface area contributed by atoms with Gasteiger partial charge in [0.05, 0.1) is 12.8 Å². The average Bonchev–Trinajstić information content (AvgIpc) is 2.35. The van der Waals surface area contributed by atoms with E-state index in [0.29, 0.717) is 6.42 Å². The van der Waals surface area contributed by atoms with Crippen LogP contribution in [0.2, 0.25) is 0 Å². The lowest BCUT2D eigenvalue weighted by Crippen LogP contribution is -2.38. The molecule has 0 radical (unpaired) electrons. The van der Waals surface area contributed by atoms with Crippen LogP contribution in [0.3, 0.4) is 0 Å². The molecule has 104 valence electrons. The molecule has 1 aromatic carbocycles. The van der Waals surface area contributed by atoms with Crippen molar-refractivity contribution in [3.05, 3.63) is 48.6 Å². The summed E-state index contributed by atoms with van der Waals surface area (Å²) in [5.41, 5.74) is 0.784. The minimum Gasteiger partial charge on any atom is -0.273 e. The third-order valence-corrected chi connectivity index (χ3v) is 3.87. The molecule has 0 bridgehead atoms. The average molecular weight is 281 g/mol. The monoisotopic (exact) mass is 281 g/mol. The second-order valence-electron chi connectivity index (χ2n) is 4.52. The van der Waals surface area contributed by atoms with Crippen LogP contribution in [-0.4, -0.2) is 24.9 Å². The molecule has 0 aliphatic carbocycles. The maximum absolute atomic E-state index is 12.2. The molecule has 0 unspecified atom stereocenters. The number of amides is 1. The lowest BCUT2D eigenvalue weighted by molar-refractivity contribution is -0.130. The van der Waals surface area contributed by atoms with Gasteiger partial charge in [0.2, 0.25) is 15.9 Å². The Morgan fingerprint density at radius 1 is 1.37 bits per heavy atom. The summed E-state index contributed by atoms with van der Waals surface area (Å²) < 4.78 is 24.5. The smallest absolute Gasteiger partial charge is 0.239 e. The minimum absolute atomic E-state index is 0.0694. The molecular formula is C14H19NO3S. The molecule has 1 amide bonds. The molecule has 19 heavy (non-hydrogen) atoms. The largest absolute Gasteiger partial charge is 0.273 e. The number of allylic oxidation sites excluding steroid dienone is 1. The van der Waals surface area contributed by atoms with Crippen LogP contribution in [0.25, 0.3) is 0 Å². The first kappa shape index (κ1) is 15.4. The van der Waals surface area contributed by atoms with Gasteiger partial charge in [0.25, 0.3) is 0 Å². The lowest BCUT2D eigenvalue weighted by atomic mass is 10.1. The minimum atomic E-state index is -3.58. The number of nitrogens with zero attached hydrogens (tertiary/aromatic N) is 1. The maximum Gasteiger partial charge on any atom is 0.239 e. The number of sulfonamides is 1. The third kappa shape index (κ3) is 4.52. The molecule has 0 saturated heterocycles. The fraction of sp³-hybridized carbons (Fsp3) is 0.357. The molecule has 0 heterocycles. The Bertz CT molecular complexity index is 537. The zero-order chi connectivity index (χ0) is 14.5. The summed E-state index contributed by atoms with van der Waals surface area (Å²) in [5, 5.41) is 0. The maximum atomic E-state index is 12.2. The standard InChI is InChI=1S/C14H19NO3S/c1-4-8-12(2)14(16)15(19(3,17)18)11-13-9-6-5-7-10-13/h4-7,9-10,12H,1,8,11H2,2-3H3/t12-/m0/s1. The van der Waals surface area contributed by atoms with Crippen molar-refractivity contribution in [3.63, 3.8) is 0 Å². The molecule has 1 atom stereocenters. The number of carbonyl (C=O) groups is 1. The van der Waals surface area contributed by atoms with E-state index in [-0.39, 0.29) is 6.54 Å². The van der Waals surface area contributed by atoms with E-state index in [1.54, 1.807) is 25.1 Å². The number of benzene rings is 1. The molecule has 0 spiro atoms. The van der Waals surface area contributed by atoms with E-state index in [9.17, 15) is 13.2 Å². The zero-order valence-electron chi connectivity index (χ0n) is 11.2. The quantitative estimate of drug-likeness (QED) is 0.751. The first-order valence-corrected chi connectivity index (χ1v) is 7.87. The number of hydrogen-bond donors (Lipinski definition) is 0. The van der Waals surface area contributed by atoms with Crippen molar-refractivity contribution in [3.8, 4) is 0 Å². The highest BCUT2D eigenvalue weighted by Crippen LogP contribution is 2.15. The van der Waals surface area contributed by atoms with Crippen LogP contribution >= 0.6 is 0 Å². The van der Waals surface area contributed by atoms with Crippen molar-refractivity contribution < 1.29 is 13.2 Å². The van der Waals surface area contributed by atoms with Crippen molar-refractivity contribution in [2.75, 3.05) is 6.26 Å². The van der Waals surface area contributed by atoms with Crippen molar-refractivity contribution in [2.45, 2.75) is 19.9 Å². The molecule has 1 aromatic rings. The molecule has 0 N–H and O–H groups in total. The Morgan fingerprint density at radius 3 is 2.42 bits per heavy atom. The van der Waals surface area contributed by atoms with E-state index in [1.165, 1.54) is 0 Å². The molecule has 0 fully saturated rings. The van der Waals surface area contributed by atoms with Crippen molar-refractivity contribution in [2.24, 2.45) is 5.92 Å². The molecule has 5 heteroatoms. The van der Waals surface area contributed by atoms with E-state index in [2.05, 4.69) is 6.58 Å². The van der Waals surface area contributed by atoms with E-state index in [0.717, 1.165) is 16.1 Å². The third-order valence-electron chi connectivity index (χ3n) is 2.76. The summed E-state index contributed by atoms with van der Waals surface area (Å²) in [6.45, 7) is 5.34. The second-order valence-corrected chi connectivity index (χ2v) is 6.43. The number of hydrogen-bond acceptors (Lipinski definition) is 3. The Balaban J connectivity index is 2.97. The van der Waals surface area contributed by atoms with Crippen LogP contribution in [0, 0.1) is 5.92 Å². The van der Waals surface area contributed by atoms with Gasteiger partial charge in [-0.3, -0.25) is 4.79 Å². The van der Waals surface area contributed by atoms with Gasteiger partial charge < -0.3 is 0 Å². The highest BCUT2D eigenvalue weighted by Gasteiger charge is 2.26. The van der Waals surface area contributed by atoms with Gasteiger partial charge >= 0.3 is 0 Å². The van der Waals surface area contributed by atoms with Crippen molar-refractivity contribution in [1.29, 1.82) is 0 Å². The number of rotatable bonds is 6. The van der Waals surface area contributed by atoms with Gasteiger partial charge in [0.1, 0.15) is 0 Å². The van der Waals surface area contributed by atoms with Gasteiger partial charge in [-0.2, -0.15) is 0 Å².